The molecule has 0 radical (unpaired) electrons. The van der Waals surface area contributed by atoms with Crippen molar-refractivity contribution >= 4 is 39.9 Å². The van der Waals surface area contributed by atoms with Gasteiger partial charge in [0.1, 0.15) is 9.39 Å². The van der Waals surface area contributed by atoms with Crippen LogP contribution >= 0.6 is 34.2 Å². The molecule has 0 saturated carbocycles. The molecule has 0 aliphatic carbocycles. The Bertz CT molecular complexity index is 283. The van der Waals surface area contributed by atoms with Crippen LogP contribution in [0.2, 0.25) is 5.02 Å². The van der Waals surface area contributed by atoms with Gasteiger partial charge in [-0.2, -0.15) is 0 Å². The second-order valence-electron chi connectivity index (χ2n) is 2.03. The zero-order valence-corrected chi connectivity index (χ0v) is 8.60. The maximum atomic E-state index is 12.1. The molecule has 0 saturated heterocycles. The molecule has 0 atom stereocenters. The molecule has 0 aliphatic heterocycles. The standard InChI is InChI=1S/C6H4ClF2IN2/c7-2-1-3(5(8)9)12-6(10)4(2)11/h1,5H,11H2. The van der Waals surface area contributed by atoms with E-state index in [1.807, 2.05) is 0 Å². The number of halogens is 4. The van der Waals surface area contributed by atoms with Crippen LogP contribution in [0.1, 0.15) is 12.1 Å². The lowest BCUT2D eigenvalue weighted by molar-refractivity contribution is 0.146. The van der Waals surface area contributed by atoms with Crippen LogP contribution in [-0.4, -0.2) is 4.98 Å². The molecular weight excluding hydrogens is 300 g/mol. The van der Waals surface area contributed by atoms with Crippen molar-refractivity contribution in [1.82, 2.24) is 4.98 Å². The fraction of sp³-hybridized carbons (Fsp3) is 0.167. The van der Waals surface area contributed by atoms with Crippen LogP contribution in [0.5, 0.6) is 0 Å². The van der Waals surface area contributed by atoms with Gasteiger partial charge in [0, 0.05) is 0 Å². The molecular formula is C6H4ClF2IN2. The van der Waals surface area contributed by atoms with Gasteiger partial charge in [-0.1, -0.05) is 11.6 Å². The minimum Gasteiger partial charge on any atom is -0.395 e. The van der Waals surface area contributed by atoms with Crippen molar-refractivity contribution in [3.05, 3.63) is 20.5 Å². The molecule has 12 heavy (non-hydrogen) atoms. The number of alkyl halides is 2. The monoisotopic (exact) mass is 304 g/mol. The molecule has 0 amide bonds. The maximum absolute atomic E-state index is 12.1. The molecule has 66 valence electrons. The van der Waals surface area contributed by atoms with Gasteiger partial charge >= 0.3 is 0 Å². The van der Waals surface area contributed by atoms with Crippen LogP contribution in [0, 0.1) is 3.70 Å². The van der Waals surface area contributed by atoms with Crippen LogP contribution < -0.4 is 5.73 Å². The number of nitrogen functional groups attached to an aromatic ring is 1. The van der Waals surface area contributed by atoms with Gasteiger partial charge < -0.3 is 5.73 Å². The van der Waals surface area contributed by atoms with Crippen LogP contribution in [0.25, 0.3) is 0 Å². The molecule has 1 heterocycles. The van der Waals surface area contributed by atoms with Crippen LogP contribution in [-0.2, 0) is 0 Å². The van der Waals surface area contributed by atoms with Crippen molar-refractivity contribution in [2.45, 2.75) is 6.43 Å². The predicted molar refractivity (Wildman–Crippen MR) is 51.3 cm³/mol. The number of hydrogen-bond donors (Lipinski definition) is 1. The smallest absolute Gasteiger partial charge is 0.280 e. The molecule has 1 rings (SSSR count). The average Bonchev–Trinajstić information content (AvgIpc) is 1.99. The minimum atomic E-state index is -2.61. The molecule has 0 spiro atoms. The van der Waals surface area contributed by atoms with Crippen LogP contribution in [0.3, 0.4) is 0 Å². The number of hydrogen-bond acceptors (Lipinski definition) is 2. The molecule has 2 nitrogen and oxygen atoms in total. The van der Waals surface area contributed by atoms with E-state index in [0.29, 0.717) is 3.70 Å². The highest BCUT2D eigenvalue weighted by molar-refractivity contribution is 14.1. The second-order valence-corrected chi connectivity index (χ2v) is 3.46. The van der Waals surface area contributed by atoms with E-state index < -0.39 is 6.43 Å². The summed E-state index contributed by atoms with van der Waals surface area (Å²) in [6.45, 7) is 0. The zero-order chi connectivity index (χ0) is 9.30. The molecule has 1 aromatic heterocycles. The van der Waals surface area contributed by atoms with E-state index in [9.17, 15) is 8.78 Å². The van der Waals surface area contributed by atoms with Crippen molar-refractivity contribution < 1.29 is 8.78 Å². The Morgan fingerprint density at radius 2 is 2.17 bits per heavy atom. The first-order chi connectivity index (χ1) is 5.52. The van der Waals surface area contributed by atoms with Gasteiger partial charge in [0.05, 0.1) is 10.7 Å². The Morgan fingerprint density at radius 1 is 1.58 bits per heavy atom. The molecule has 2 N–H and O–H groups in total. The summed E-state index contributed by atoms with van der Waals surface area (Å²) in [5.41, 5.74) is 5.29. The highest BCUT2D eigenvalue weighted by atomic mass is 127. The summed E-state index contributed by atoms with van der Waals surface area (Å²) in [4.78, 5) is 3.56. The number of rotatable bonds is 1. The first kappa shape index (κ1) is 9.91. The summed E-state index contributed by atoms with van der Waals surface area (Å²) in [5, 5.41) is 0.115. The van der Waals surface area contributed by atoms with E-state index in [1.54, 1.807) is 22.6 Å². The minimum absolute atomic E-state index is 0.115. The van der Waals surface area contributed by atoms with Crippen LogP contribution in [0.15, 0.2) is 6.07 Å². The normalized spacial score (nSPS) is 10.8. The number of anilines is 1. The third-order valence-corrected chi connectivity index (χ3v) is 2.34. The van der Waals surface area contributed by atoms with Crippen molar-refractivity contribution in [2.24, 2.45) is 0 Å². The summed E-state index contributed by atoms with van der Waals surface area (Å²) in [5.74, 6) is 0. The molecule has 6 heteroatoms. The number of pyridine rings is 1. The van der Waals surface area contributed by atoms with Gasteiger partial charge in [-0.25, -0.2) is 13.8 Å². The fourth-order valence-corrected chi connectivity index (χ4v) is 1.55. The van der Waals surface area contributed by atoms with Crippen molar-refractivity contribution in [3.8, 4) is 0 Å². The number of aromatic nitrogens is 1. The zero-order valence-electron chi connectivity index (χ0n) is 5.69. The average molecular weight is 304 g/mol. The largest absolute Gasteiger partial charge is 0.395 e. The van der Waals surface area contributed by atoms with Gasteiger partial charge in [-0.3, -0.25) is 0 Å². The SMILES string of the molecule is Nc1c(Cl)cc(C(F)F)nc1I. The van der Waals surface area contributed by atoms with Gasteiger partial charge in [0.2, 0.25) is 0 Å². The van der Waals surface area contributed by atoms with E-state index >= 15 is 0 Å². The number of nitrogens with two attached hydrogens (primary N) is 1. The van der Waals surface area contributed by atoms with E-state index in [4.69, 9.17) is 17.3 Å². The fourth-order valence-electron chi connectivity index (χ4n) is 0.624. The molecule has 0 aliphatic rings. The summed E-state index contributed by atoms with van der Waals surface area (Å²) >= 11 is 7.32. The Hall–Kier alpha value is -0.170. The summed E-state index contributed by atoms with van der Waals surface area (Å²) < 4.78 is 24.5. The molecule has 1 aromatic rings. The van der Waals surface area contributed by atoms with Crippen molar-refractivity contribution in [1.29, 1.82) is 0 Å². The molecule has 0 unspecified atom stereocenters. The first-order valence-electron chi connectivity index (χ1n) is 2.92. The van der Waals surface area contributed by atoms with Crippen molar-refractivity contribution in [3.63, 3.8) is 0 Å². The third kappa shape index (κ3) is 1.95. The molecule has 0 aromatic carbocycles. The van der Waals surface area contributed by atoms with Gasteiger partial charge in [-0.15, -0.1) is 0 Å². The Labute approximate surface area is 86.3 Å². The third-order valence-electron chi connectivity index (χ3n) is 1.20. The lowest BCUT2D eigenvalue weighted by Gasteiger charge is -2.03. The second kappa shape index (κ2) is 3.69. The van der Waals surface area contributed by atoms with E-state index in [-0.39, 0.29) is 16.4 Å². The summed E-state index contributed by atoms with van der Waals surface area (Å²) in [6.07, 6.45) is -2.61. The van der Waals surface area contributed by atoms with Gasteiger partial charge in [-0.05, 0) is 28.7 Å². The highest BCUT2D eigenvalue weighted by Gasteiger charge is 2.13. The summed E-state index contributed by atoms with van der Waals surface area (Å²) in [7, 11) is 0. The van der Waals surface area contributed by atoms with Crippen molar-refractivity contribution in [2.75, 3.05) is 5.73 Å². The first-order valence-corrected chi connectivity index (χ1v) is 4.37. The number of nitrogens with zero attached hydrogens (tertiary/aromatic N) is 1. The quantitative estimate of drug-likeness (QED) is 0.640. The van der Waals surface area contributed by atoms with Gasteiger partial charge in [0.25, 0.3) is 6.43 Å². The predicted octanol–water partition coefficient (Wildman–Crippen LogP) is 2.86. The van der Waals surface area contributed by atoms with E-state index in [0.717, 1.165) is 6.07 Å². The Kier molecular flexibility index (Phi) is 3.05. The lowest BCUT2D eigenvalue weighted by atomic mass is 10.3. The Morgan fingerprint density at radius 3 is 2.58 bits per heavy atom. The molecule has 0 bridgehead atoms. The van der Waals surface area contributed by atoms with E-state index in [2.05, 4.69) is 4.98 Å². The maximum Gasteiger partial charge on any atom is 0.280 e. The van der Waals surface area contributed by atoms with Gasteiger partial charge in [0.15, 0.2) is 0 Å². The molecule has 0 fully saturated rings. The highest BCUT2D eigenvalue weighted by Crippen LogP contribution is 2.27. The summed E-state index contributed by atoms with van der Waals surface area (Å²) in [6, 6.07) is 1.07. The van der Waals surface area contributed by atoms with Crippen LogP contribution in [0.4, 0.5) is 14.5 Å². The Balaban J connectivity index is 3.21. The lowest BCUT2D eigenvalue weighted by Crippen LogP contribution is -1.98. The topological polar surface area (TPSA) is 38.9 Å². The van der Waals surface area contributed by atoms with E-state index in [1.165, 1.54) is 0 Å².